The third kappa shape index (κ3) is 3.73. The lowest BCUT2D eigenvalue weighted by Gasteiger charge is -2.26. The van der Waals surface area contributed by atoms with Gasteiger partial charge in [0.2, 0.25) is 0 Å². The van der Waals surface area contributed by atoms with E-state index < -0.39 is 17.5 Å². The molecule has 1 fully saturated rings. The van der Waals surface area contributed by atoms with E-state index >= 15 is 0 Å². The molecule has 5 nitrogen and oxygen atoms in total. The number of hydrogen-bond acceptors (Lipinski definition) is 3. The number of carbonyl (C=O) groups excluding carboxylic acids is 1. The Morgan fingerprint density at radius 1 is 1.50 bits per heavy atom. The van der Waals surface area contributed by atoms with Crippen molar-refractivity contribution in [2.75, 3.05) is 6.54 Å². The minimum atomic E-state index is -1.16. The molecule has 3 N–H and O–H groups in total. The number of thiophene rings is 1. The molecule has 2 amide bonds. The van der Waals surface area contributed by atoms with Crippen LogP contribution in [-0.2, 0) is 11.2 Å². The summed E-state index contributed by atoms with van der Waals surface area (Å²) in [7, 11) is 0. The van der Waals surface area contributed by atoms with Crippen molar-refractivity contribution < 1.29 is 14.7 Å². The van der Waals surface area contributed by atoms with Gasteiger partial charge < -0.3 is 15.7 Å². The van der Waals surface area contributed by atoms with Crippen LogP contribution in [0.3, 0.4) is 0 Å². The molecule has 1 heterocycles. The minimum Gasteiger partial charge on any atom is -0.480 e. The van der Waals surface area contributed by atoms with Crippen molar-refractivity contribution in [3.8, 4) is 0 Å². The van der Waals surface area contributed by atoms with E-state index in [0.29, 0.717) is 6.54 Å². The van der Waals surface area contributed by atoms with E-state index in [1.807, 2.05) is 12.1 Å². The van der Waals surface area contributed by atoms with E-state index in [4.69, 9.17) is 0 Å². The summed E-state index contributed by atoms with van der Waals surface area (Å²) in [6.45, 7) is 2.06. The summed E-state index contributed by atoms with van der Waals surface area (Å²) in [4.78, 5) is 24.3. The molecule has 1 aromatic rings. The summed E-state index contributed by atoms with van der Waals surface area (Å²) in [5, 5.41) is 14.6. The van der Waals surface area contributed by atoms with Crippen LogP contribution in [-0.4, -0.2) is 29.2 Å². The Balaban J connectivity index is 1.78. The Kier molecular flexibility index (Phi) is 4.70. The van der Waals surface area contributed by atoms with Crippen LogP contribution in [0.15, 0.2) is 15.9 Å². The first-order chi connectivity index (χ1) is 9.41. The van der Waals surface area contributed by atoms with Crippen molar-refractivity contribution in [3.05, 3.63) is 20.8 Å². The molecule has 0 radical (unpaired) electrons. The standard InChI is InChI=1S/C13H17BrN2O3S/c1-13(11(17)18,8-2-3-8)16-12(19)15-7-6-9-4-5-10(14)20-9/h4-5,8H,2-3,6-7H2,1H3,(H,17,18)(H2,15,16,19). The first-order valence-corrected chi connectivity index (χ1v) is 8.06. The third-order valence-corrected chi connectivity index (χ3v) is 5.18. The summed E-state index contributed by atoms with van der Waals surface area (Å²) in [6, 6.07) is 3.55. The molecule has 0 saturated heterocycles. The lowest BCUT2D eigenvalue weighted by molar-refractivity contribution is -0.144. The quantitative estimate of drug-likeness (QED) is 0.729. The zero-order valence-corrected chi connectivity index (χ0v) is 13.5. The van der Waals surface area contributed by atoms with Crippen molar-refractivity contribution >= 4 is 39.3 Å². The first-order valence-electron chi connectivity index (χ1n) is 6.45. The molecule has 0 aromatic carbocycles. The predicted octanol–water partition coefficient (Wildman–Crippen LogP) is 2.61. The molecule has 0 spiro atoms. The van der Waals surface area contributed by atoms with Crippen molar-refractivity contribution in [2.24, 2.45) is 5.92 Å². The van der Waals surface area contributed by atoms with Crippen molar-refractivity contribution in [1.29, 1.82) is 0 Å². The second-order valence-electron chi connectivity index (χ2n) is 5.12. The number of hydrogen-bond donors (Lipinski definition) is 3. The van der Waals surface area contributed by atoms with Crippen LogP contribution in [0.4, 0.5) is 4.79 Å². The van der Waals surface area contributed by atoms with E-state index in [2.05, 4.69) is 26.6 Å². The molecule has 20 heavy (non-hydrogen) atoms. The van der Waals surface area contributed by atoms with Gasteiger partial charge in [0.25, 0.3) is 0 Å². The molecule has 1 aromatic heterocycles. The topological polar surface area (TPSA) is 78.4 Å². The largest absolute Gasteiger partial charge is 0.480 e. The molecule has 0 aliphatic heterocycles. The maximum Gasteiger partial charge on any atom is 0.329 e. The lowest BCUT2D eigenvalue weighted by Crippen LogP contribution is -2.56. The van der Waals surface area contributed by atoms with Gasteiger partial charge in [-0.15, -0.1) is 11.3 Å². The van der Waals surface area contributed by atoms with E-state index in [1.54, 1.807) is 18.3 Å². The smallest absolute Gasteiger partial charge is 0.329 e. The predicted molar refractivity (Wildman–Crippen MR) is 81.0 cm³/mol. The number of amides is 2. The van der Waals surface area contributed by atoms with Crippen molar-refractivity contribution in [2.45, 2.75) is 31.7 Å². The Morgan fingerprint density at radius 3 is 2.70 bits per heavy atom. The average molecular weight is 361 g/mol. The maximum absolute atomic E-state index is 11.8. The normalized spacial score (nSPS) is 17.3. The van der Waals surface area contributed by atoms with Gasteiger partial charge in [0.05, 0.1) is 3.79 Å². The van der Waals surface area contributed by atoms with Gasteiger partial charge >= 0.3 is 12.0 Å². The van der Waals surface area contributed by atoms with Crippen LogP contribution in [0.25, 0.3) is 0 Å². The zero-order valence-electron chi connectivity index (χ0n) is 11.1. The maximum atomic E-state index is 11.8. The molecule has 1 aliphatic rings. The van der Waals surface area contributed by atoms with E-state index in [0.717, 1.165) is 23.0 Å². The summed E-state index contributed by atoms with van der Waals surface area (Å²) < 4.78 is 1.06. The van der Waals surface area contributed by atoms with Crippen LogP contribution < -0.4 is 10.6 Å². The van der Waals surface area contributed by atoms with E-state index in [9.17, 15) is 14.7 Å². The van der Waals surface area contributed by atoms with Crippen LogP contribution in [0, 0.1) is 5.92 Å². The fraction of sp³-hybridized carbons (Fsp3) is 0.538. The van der Waals surface area contributed by atoms with Gasteiger partial charge in [-0.25, -0.2) is 9.59 Å². The van der Waals surface area contributed by atoms with E-state index in [1.165, 1.54) is 4.88 Å². The van der Waals surface area contributed by atoms with Crippen LogP contribution in [0.1, 0.15) is 24.6 Å². The summed E-state index contributed by atoms with van der Waals surface area (Å²) in [5.41, 5.74) is -1.16. The zero-order chi connectivity index (χ0) is 14.8. The molecule has 1 aliphatic carbocycles. The van der Waals surface area contributed by atoms with Crippen molar-refractivity contribution in [3.63, 3.8) is 0 Å². The second kappa shape index (κ2) is 6.13. The highest BCUT2D eigenvalue weighted by Gasteiger charge is 2.48. The fourth-order valence-corrected chi connectivity index (χ4v) is 3.54. The minimum absolute atomic E-state index is 0.0407. The van der Waals surface area contributed by atoms with Crippen LogP contribution in [0.5, 0.6) is 0 Å². The van der Waals surface area contributed by atoms with Gasteiger partial charge in [-0.05, 0) is 60.2 Å². The molecule has 1 atom stereocenters. The summed E-state index contributed by atoms with van der Waals surface area (Å²) >= 11 is 5.01. The molecular weight excluding hydrogens is 344 g/mol. The Bertz CT molecular complexity index is 515. The highest BCUT2D eigenvalue weighted by molar-refractivity contribution is 9.11. The number of halogens is 1. The van der Waals surface area contributed by atoms with Crippen LogP contribution in [0.2, 0.25) is 0 Å². The third-order valence-electron chi connectivity index (χ3n) is 3.50. The number of carbonyl (C=O) groups is 2. The average Bonchev–Trinajstić information content (AvgIpc) is 3.14. The summed E-state index contributed by atoms with van der Waals surface area (Å²) in [6.07, 6.45) is 2.44. The Morgan fingerprint density at radius 2 is 2.20 bits per heavy atom. The molecular formula is C13H17BrN2O3S. The monoisotopic (exact) mass is 360 g/mol. The molecule has 2 rings (SSSR count). The van der Waals surface area contributed by atoms with Gasteiger partial charge in [-0.2, -0.15) is 0 Å². The Hall–Kier alpha value is -1.08. The summed E-state index contributed by atoms with van der Waals surface area (Å²) in [5.74, 6) is -0.934. The number of aliphatic carboxylic acids is 1. The van der Waals surface area contributed by atoms with Crippen LogP contribution >= 0.6 is 27.3 Å². The fourth-order valence-electron chi connectivity index (χ4n) is 2.06. The number of carboxylic acid groups (broad SMARTS) is 1. The van der Waals surface area contributed by atoms with E-state index in [-0.39, 0.29) is 5.92 Å². The highest BCUT2D eigenvalue weighted by Crippen LogP contribution is 2.39. The lowest BCUT2D eigenvalue weighted by atomic mass is 9.96. The number of carboxylic acids is 1. The molecule has 110 valence electrons. The molecule has 7 heteroatoms. The highest BCUT2D eigenvalue weighted by atomic mass is 79.9. The molecule has 1 saturated carbocycles. The van der Waals surface area contributed by atoms with Gasteiger partial charge in [0.15, 0.2) is 0 Å². The van der Waals surface area contributed by atoms with Gasteiger partial charge in [0.1, 0.15) is 5.54 Å². The first kappa shape index (κ1) is 15.3. The Labute approximate surface area is 129 Å². The van der Waals surface area contributed by atoms with Crippen molar-refractivity contribution in [1.82, 2.24) is 10.6 Å². The molecule has 0 bridgehead atoms. The SMILES string of the molecule is CC(NC(=O)NCCc1ccc(Br)s1)(C(=O)O)C1CC1. The second-order valence-corrected chi connectivity index (χ2v) is 7.67. The number of urea groups is 1. The van der Waals surface area contributed by atoms with Gasteiger partial charge in [0, 0.05) is 11.4 Å². The molecule has 1 unspecified atom stereocenters. The number of nitrogens with one attached hydrogen (secondary N) is 2. The van der Waals surface area contributed by atoms with Gasteiger partial charge in [-0.1, -0.05) is 0 Å². The van der Waals surface area contributed by atoms with Gasteiger partial charge in [-0.3, -0.25) is 0 Å². The number of rotatable bonds is 6.